The highest BCUT2D eigenvalue weighted by atomic mass is 127. The van der Waals surface area contributed by atoms with Crippen LogP contribution in [0.1, 0.15) is 25.3 Å². The highest BCUT2D eigenvalue weighted by Crippen LogP contribution is 2.18. The molecule has 0 radical (unpaired) electrons. The third-order valence-corrected chi connectivity index (χ3v) is 4.73. The summed E-state index contributed by atoms with van der Waals surface area (Å²) in [5.74, 6) is 0.774. The first-order valence-corrected chi connectivity index (χ1v) is 9.41. The minimum Gasteiger partial charge on any atom is -0.469 e. The van der Waals surface area contributed by atoms with Gasteiger partial charge >= 0.3 is 5.97 Å². The number of ether oxygens (including phenoxy) is 1. The molecular weight excluding hydrogens is 469 g/mol. The van der Waals surface area contributed by atoms with E-state index in [-0.39, 0.29) is 35.9 Å². The summed E-state index contributed by atoms with van der Waals surface area (Å²) < 4.78 is 6.73. The van der Waals surface area contributed by atoms with Gasteiger partial charge in [0.25, 0.3) is 0 Å². The van der Waals surface area contributed by atoms with Crippen molar-refractivity contribution in [3.05, 3.63) is 48.3 Å². The van der Waals surface area contributed by atoms with E-state index in [1.54, 1.807) is 0 Å². The predicted octanol–water partition coefficient (Wildman–Crippen LogP) is 2.84. The third-order valence-electron chi connectivity index (χ3n) is 4.73. The molecule has 0 amide bonds. The molecule has 2 heterocycles. The van der Waals surface area contributed by atoms with Gasteiger partial charge in [0.2, 0.25) is 0 Å². The zero-order valence-electron chi connectivity index (χ0n) is 16.4. The minimum absolute atomic E-state index is 0. The molecule has 152 valence electrons. The number of carbonyl (C=O) groups is 1. The van der Waals surface area contributed by atoms with Crippen LogP contribution in [0.2, 0.25) is 0 Å². The van der Waals surface area contributed by atoms with Crippen LogP contribution in [-0.4, -0.2) is 53.4 Å². The maximum absolute atomic E-state index is 11.7. The fraction of sp³-hybridized carbons (Fsp3) is 0.450. The number of likely N-dealkylation sites (tertiary alicyclic amines) is 1. The maximum atomic E-state index is 11.7. The smallest absolute Gasteiger partial charge is 0.308 e. The molecule has 0 unspecified atom stereocenters. The Morgan fingerprint density at radius 2 is 2.00 bits per heavy atom. The number of methoxy groups -OCH3 is 1. The second-order valence-corrected chi connectivity index (χ2v) is 6.58. The number of nitrogens with zero attached hydrogens (tertiary/aromatic N) is 4. The predicted molar refractivity (Wildman–Crippen MR) is 120 cm³/mol. The standard InChI is InChI=1S/C20H27N5O2.HI/c1-3-21-20(24-11-9-17(10-12-24)19(26)27-2)22-13-16-14-23-25(15-16)18-7-5-4-6-8-18;/h4-8,14-15,17H,3,9-13H2,1-2H3,(H,21,22);1H. The van der Waals surface area contributed by atoms with Gasteiger partial charge in [0.05, 0.1) is 31.5 Å². The molecule has 28 heavy (non-hydrogen) atoms. The van der Waals surface area contributed by atoms with Gasteiger partial charge < -0.3 is 15.0 Å². The minimum atomic E-state index is -0.107. The molecule has 0 saturated carbocycles. The van der Waals surface area contributed by atoms with E-state index in [2.05, 4.69) is 22.2 Å². The lowest BCUT2D eigenvalue weighted by Gasteiger charge is -2.33. The van der Waals surface area contributed by atoms with Crippen molar-refractivity contribution in [2.75, 3.05) is 26.7 Å². The summed E-state index contributed by atoms with van der Waals surface area (Å²) in [7, 11) is 1.45. The largest absolute Gasteiger partial charge is 0.469 e. The first-order valence-electron chi connectivity index (χ1n) is 9.41. The topological polar surface area (TPSA) is 71.8 Å². The van der Waals surface area contributed by atoms with Gasteiger partial charge in [-0.25, -0.2) is 9.67 Å². The molecule has 3 rings (SSSR count). The fourth-order valence-electron chi connectivity index (χ4n) is 3.25. The molecule has 1 aromatic carbocycles. The normalized spacial score (nSPS) is 15.1. The second kappa shape index (κ2) is 11.0. The highest BCUT2D eigenvalue weighted by molar-refractivity contribution is 14.0. The van der Waals surface area contributed by atoms with Gasteiger partial charge in [-0.2, -0.15) is 5.10 Å². The number of para-hydroxylation sites is 1. The van der Waals surface area contributed by atoms with E-state index >= 15 is 0 Å². The average Bonchev–Trinajstić information content (AvgIpc) is 3.20. The molecule has 0 atom stereocenters. The van der Waals surface area contributed by atoms with Crippen LogP contribution >= 0.6 is 24.0 Å². The van der Waals surface area contributed by atoms with Gasteiger partial charge in [0.1, 0.15) is 0 Å². The lowest BCUT2D eigenvalue weighted by molar-refractivity contribution is -0.146. The Labute approximate surface area is 183 Å². The summed E-state index contributed by atoms with van der Waals surface area (Å²) >= 11 is 0. The Balaban J connectivity index is 0.00000280. The Hall–Kier alpha value is -2.10. The molecule has 1 saturated heterocycles. The van der Waals surface area contributed by atoms with Crippen LogP contribution in [0.3, 0.4) is 0 Å². The molecule has 0 spiro atoms. The van der Waals surface area contributed by atoms with Crippen LogP contribution in [0.15, 0.2) is 47.7 Å². The van der Waals surface area contributed by atoms with Gasteiger partial charge in [-0.3, -0.25) is 4.79 Å². The van der Waals surface area contributed by atoms with E-state index < -0.39 is 0 Å². The lowest BCUT2D eigenvalue weighted by Crippen LogP contribution is -2.46. The van der Waals surface area contributed by atoms with Crippen LogP contribution in [0, 0.1) is 5.92 Å². The van der Waals surface area contributed by atoms with Crippen molar-refractivity contribution in [1.29, 1.82) is 0 Å². The van der Waals surface area contributed by atoms with Crippen molar-refractivity contribution in [1.82, 2.24) is 20.0 Å². The Bertz CT molecular complexity index is 770. The van der Waals surface area contributed by atoms with Crippen LogP contribution < -0.4 is 5.32 Å². The number of hydrogen-bond acceptors (Lipinski definition) is 4. The van der Waals surface area contributed by atoms with E-state index in [9.17, 15) is 4.79 Å². The zero-order valence-corrected chi connectivity index (χ0v) is 18.7. The molecule has 2 aromatic rings. The SMILES string of the molecule is CCNC(=NCc1cnn(-c2ccccc2)c1)N1CCC(C(=O)OC)CC1.I. The molecule has 1 N–H and O–H groups in total. The number of piperidine rings is 1. The fourth-order valence-corrected chi connectivity index (χ4v) is 3.25. The summed E-state index contributed by atoms with van der Waals surface area (Å²) in [6.07, 6.45) is 5.45. The Kier molecular flexibility index (Phi) is 8.75. The van der Waals surface area contributed by atoms with E-state index in [0.717, 1.165) is 49.7 Å². The first-order chi connectivity index (χ1) is 13.2. The molecule has 1 fully saturated rings. The van der Waals surface area contributed by atoms with Crippen molar-refractivity contribution >= 4 is 35.9 Å². The zero-order chi connectivity index (χ0) is 19.1. The monoisotopic (exact) mass is 497 g/mol. The molecular formula is C20H28IN5O2. The molecule has 1 aromatic heterocycles. The van der Waals surface area contributed by atoms with E-state index in [1.165, 1.54) is 7.11 Å². The van der Waals surface area contributed by atoms with Crippen molar-refractivity contribution < 1.29 is 9.53 Å². The van der Waals surface area contributed by atoms with Gasteiger partial charge in [0.15, 0.2) is 5.96 Å². The molecule has 8 heteroatoms. The van der Waals surface area contributed by atoms with Crippen molar-refractivity contribution in [2.45, 2.75) is 26.3 Å². The third kappa shape index (κ3) is 5.70. The number of aliphatic imine (C=N–C) groups is 1. The van der Waals surface area contributed by atoms with Crippen LogP contribution in [0.5, 0.6) is 0 Å². The summed E-state index contributed by atoms with van der Waals surface area (Å²) in [6, 6.07) is 10.0. The van der Waals surface area contributed by atoms with Crippen LogP contribution in [0.4, 0.5) is 0 Å². The quantitative estimate of drug-likeness (QED) is 0.298. The molecule has 1 aliphatic rings. The van der Waals surface area contributed by atoms with E-state index in [1.807, 2.05) is 47.4 Å². The van der Waals surface area contributed by atoms with Crippen molar-refractivity contribution in [3.63, 3.8) is 0 Å². The molecule has 0 bridgehead atoms. The number of benzene rings is 1. The number of aromatic nitrogens is 2. The van der Waals surface area contributed by atoms with Gasteiger partial charge in [-0.1, -0.05) is 18.2 Å². The second-order valence-electron chi connectivity index (χ2n) is 6.58. The summed E-state index contributed by atoms with van der Waals surface area (Å²) in [5, 5.41) is 7.78. The highest BCUT2D eigenvalue weighted by Gasteiger charge is 2.26. The van der Waals surface area contributed by atoms with Crippen molar-refractivity contribution in [2.24, 2.45) is 10.9 Å². The number of carbonyl (C=O) groups excluding carboxylic acids is 1. The summed E-state index contributed by atoms with van der Waals surface area (Å²) in [6.45, 7) is 5.03. The van der Waals surface area contributed by atoms with Gasteiger partial charge in [-0.15, -0.1) is 24.0 Å². The number of guanidine groups is 1. The Morgan fingerprint density at radius 1 is 1.29 bits per heavy atom. The molecule has 1 aliphatic heterocycles. The number of rotatable bonds is 5. The van der Waals surface area contributed by atoms with E-state index in [0.29, 0.717) is 6.54 Å². The number of nitrogens with one attached hydrogen (secondary N) is 1. The summed E-state index contributed by atoms with van der Waals surface area (Å²) in [4.78, 5) is 18.7. The summed E-state index contributed by atoms with van der Waals surface area (Å²) in [5.41, 5.74) is 2.09. The molecule has 7 nitrogen and oxygen atoms in total. The first kappa shape index (κ1) is 22.2. The maximum Gasteiger partial charge on any atom is 0.308 e. The van der Waals surface area contributed by atoms with Crippen LogP contribution in [0.25, 0.3) is 5.69 Å². The Morgan fingerprint density at radius 3 is 2.64 bits per heavy atom. The van der Waals surface area contributed by atoms with Crippen molar-refractivity contribution in [3.8, 4) is 5.69 Å². The van der Waals surface area contributed by atoms with Gasteiger partial charge in [-0.05, 0) is 31.9 Å². The molecule has 0 aliphatic carbocycles. The lowest BCUT2D eigenvalue weighted by atomic mass is 9.97. The average molecular weight is 497 g/mol. The van der Waals surface area contributed by atoms with Crippen LogP contribution in [-0.2, 0) is 16.1 Å². The van der Waals surface area contributed by atoms with Gasteiger partial charge in [0, 0.05) is 31.4 Å². The number of hydrogen-bond donors (Lipinski definition) is 1. The number of halogens is 1. The van der Waals surface area contributed by atoms with E-state index in [4.69, 9.17) is 9.73 Å². The number of esters is 1.